The molecular weight excluding hydrogens is 236 g/mol. The van der Waals surface area contributed by atoms with Crippen molar-refractivity contribution >= 4 is 33.0 Å². The summed E-state index contributed by atoms with van der Waals surface area (Å²) in [6, 6.07) is 3.15. The molecule has 3 N–H and O–H groups in total. The molecule has 0 aliphatic rings. The highest BCUT2D eigenvalue weighted by atomic mass is 35.5. The molecule has 0 bridgehead atoms. The van der Waals surface area contributed by atoms with Gasteiger partial charge in [-0.15, -0.1) is 0 Å². The second kappa shape index (κ2) is 4.28. The molecule has 0 fully saturated rings. The highest BCUT2D eigenvalue weighted by Gasteiger charge is 2.10. The van der Waals surface area contributed by atoms with Gasteiger partial charge in [0.2, 0.25) is 10.0 Å². The van der Waals surface area contributed by atoms with Crippen molar-refractivity contribution in [2.45, 2.75) is 13.8 Å². The van der Waals surface area contributed by atoms with E-state index in [1.807, 2.05) is 0 Å². The van der Waals surface area contributed by atoms with Gasteiger partial charge in [-0.1, -0.05) is 11.6 Å². The van der Waals surface area contributed by atoms with E-state index in [-0.39, 0.29) is 5.75 Å². The van der Waals surface area contributed by atoms with E-state index >= 15 is 0 Å². The summed E-state index contributed by atoms with van der Waals surface area (Å²) in [5.41, 5.74) is 7.23. The minimum atomic E-state index is -3.27. The zero-order valence-corrected chi connectivity index (χ0v) is 10.1. The summed E-state index contributed by atoms with van der Waals surface area (Å²) in [5.74, 6) is 0.0223. The summed E-state index contributed by atoms with van der Waals surface area (Å²) in [5, 5.41) is 0.342. The highest BCUT2D eigenvalue weighted by molar-refractivity contribution is 7.92. The summed E-state index contributed by atoms with van der Waals surface area (Å²) in [7, 11) is -3.27. The molecule has 1 rings (SSSR count). The Kier molecular flexibility index (Phi) is 3.46. The van der Waals surface area contributed by atoms with Crippen LogP contribution in [0.2, 0.25) is 5.02 Å². The van der Waals surface area contributed by atoms with Crippen LogP contribution < -0.4 is 10.5 Å². The van der Waals surface area contributed by atoms with Gasteiger partial charge in [0.05, 0.1) is 22.2 Å². The van der Waals surface area contributed by atoms with Crippen LogP contribution in [0.1, 0.15) is 12.5 Å². The third-order valence-corrected chi connectivity index (χ3v) is 3.61. The Hall–Kier alpha value is -0.940. The predicted octanol–water partition coefficient (Wildman–Crippen LogP) is 1.99. The van der Waals surface area contributed by atoms with Crippen molar-refractivity contribution in [3.63, 3.8) is 0 Å². The quantitative estimate of drug-likeness (QED) is 0.804. The fourth-order valence-electron chi connectivity index (χ4n) is 1.05. The molecule has 4 nitrogen and oxygen atoms in total. The molecule has 0 unspecified atom stereocenters. The van der Waals surface area contributed by atoms with Gasteiger partial charge in [0, 0.05) is 0 Å². The zero-order chi connectivity index (χ0) is 11.6. The number of benzene rings is 1. The van der Waals surface area contributed by atoms with E-state index in [0.717, 1.165) is 5.56 Å². The molecule has 0 spiro atoms. The van der Waals surface area contributed by atoms with Crippen molar-refractivity contribution < 1.29 is 8.42 Å². The summed E-state index contributed by atoms with van der Waals surface area (Å²) in [6.45, 7) is 3.33. The number of aryl methyl sites for hydroxylation is 1. The fourth-order valence-corrected chi connectivity index (χ4v) is 1.92. The normalized spacial score (nSPS) is 11.4. The fraction of sp³-hybridized carbons (Fsp3) is 0.333. The van der Waals surface area contributed by atoms with Crippen molar-refractivity contribution in [3.8, 4) is 0 Å². The number of halogens is 1. The Morgan fingerprint density at radius 3 is 2.60 bits per heavy atom. The van der Waals surface area contributed by atoms with Crippen molar-refractivity contribution in [3.05, 3.63) is 22.7 Å². The lowest BCUT2D eigenvalue weighted by Gasteiger charge is -2.10. The van der Waals surface area contributed by atoms with E-state index in [1.165, 1.54) is 6.07 Å². The van der Waals surface area contributed by atoms with E-state index in [0.29, 0.717) is 16.4 Å². The van der Waals surface area contributed by atoms with Gasteiger partial charge in [-0.05, 0) is 31.5 Å². The average molecular weight is 249 g/mol. The molecule has 15 heavy (non-hydrogen) atoms. The van der Waals surface area contributed by atoms with E-state index < -0.39 is 10.0 Å². The minimum absolute atomic E-state index is 0.0223. The number of nitrogens with two attached hydrogens (primary N) is 1. The highest BCUT2D eigenvalue weighted by Crippen LogP contribution is 2.27. The molecule has 1 aromatic carbocycles. The lowest BCUT2D eigenvalue weighted by molar-refractivity contribution is 0.602. The van der Waals surface area contributed by atoms with Gasteiger partial charge in [-0.2, -0.15) is 0 Å². The number of hydrogen-bond donors (Lipinski definition) is 2. The molecule has 6 heteroatoms. The first-order valence-electron chi connectivity index (χ1n) is 4.42. The van der Waals surface area contributed by atoms with Crippen LogP contribution in [-0.4, -0.2) is 14.2 Å². The third-order valence-electron chi connectivity index (χ3n) is 1.99. The van der Waals surface area contributed by atoms with E-state index in [4.69, 9.17) is 17.3 Å². The minimum Gasteiger partial charge on any atom is -0.398 e. The Labute approximate surface area is 94.5 Å². The maximum Gasteiger partial charge on any atom is 0.232 e. The molecule has 0 saturated heterocycles. The van der Waals surface area contributed by atoms with Crippen molar-refractivity contribution in [1.29, 1.82) is 0 Å². The molecule has 0 atom stereocenters. The number of rotatable bonds is 3. The first-order chi connectivity index (χ1) is 6.85. The second-order valence-corrected chi connectivity index (χ2v) is 5.61. The number of hydrogen-bond acceptors (Lipinski definition) is 3. The van der Waals surface area contributed by atoms with Crippen LogP contribution in [0.5, 0.6) is 0 Å². The van der Waals surface area contributed by atoms with Gasteiger partial charge in [-0.25, -0.2) is 8.42 Å². The van der Waals surface area contributed by atoms with Crippen LogP contribution in [0.15, 0.2) is 12.1 Å². The van der Waals surface area contributed by atoms with Crippen molar-refractivity contribution in [1.82, 2.24) is 0 Å². The van der Waals surface area contributed by atoms with Gasteiger partial charge >= 0.3 is 0 Å². The first-order valence-corrected chi connectivity index (χ1v) is 6.45. The maximum atomic E-state index is 11.3. The summed E-state index contributed by atoms with van der Waals surface area (Å²) >= 11 is 5.80. The van der Waals surface area contributed by atoms with Crippen LogP contribution in [0.3, 0.4) is 0 Å². The number of anilines is 2. The molecule has 0 amide bonds. The predicted molar refractivity (Wildman–Crippen MR) is 63.7 cm³/mol. The van der Waals surface area contributed by atoms with E-state index in [2.05, 4.69) is 4.72 Å². The van der Waals surface area contributed by atoms with Crippen molar-refractivity contribution in [2.75, 3.05) is 16.2 Å². The van der Waals surface area contributed by atoms with Crippen LogP contribution in [0.25, 0.3) is 0 Å². The Balaban J connectivity index is 3.12. The number of sulfonamides is 1. The van der Waals surface area contributed by atoms with Gasteiger partial charge < -0.3 is 5.73 Å². The standard InChI is InChI=1S/C9H13ClN2O2S/c1-3-15(13,14)12-9-5-7(10)8(11)4-6(9)2/h4-5,12H,3,11H2,1-2H3. The topological polar surface area (TPSA) is 72.2 Å². The molecule has 0 saturated carbocycles. The molecule has 0 heterocycles. The Morgan fingerprint density at radius 2 is 2.07 bits per heavy atom. The number of nitrogen functional groups attached to an aromatic ring is 1. The molecule has 0 aliphatic carbocycles. The average Bonchev–Trinajstić information content (AvgIpc) is 2.14. The van der Waals surface area contributed by atoms with Gasteiger partial charge in [0.25, 0.3) is 0 Å². The summed E-state index contributed by atoms with van der Waals surface area (Å²) in [4.78, 5) is 0. The zero-order valence-electron chi connectivity index (χ0n) is 8.54. The van der Waals surface area contributed by atoms with Crippen LogP contribution in [0.4, 0.5) is 11.4 Å². The lowest BCUT2D eigenvalue weighted by atomic mass is 10.2. The van der Waals surface area contributed by atoms with E-state index in [9.17, 15) is 8.42 Å². The molecule has 0 radical (unpaired) electrons. The lowest BCUT2D eigenvalue weighted by Crippen LogP contribution is -2.15. The molecule has 84 valence electrons. The van der Waals surface area contributed by atoms with Crippen molar-refractivity contribution in [2.24, 2.45) is 0 Å². The monoisotopic (exact) mass is 248 g/mol. The number of nitrogens with one attached hydrogen (secondary N) is 1. The SMILES string of the molecule is CCS(=O)(=O)Nc1cc(Cl)c(N)cc1C. The molecule has 0 aliphatic heterocycles. The maximum absolute atomic E-state index is 11.3. The van der Waals surface area contributed by atoms with E-state index in [1.54, 1.807) is 19.9 Å². The summed E-state index contributed by atoms with van der Waals surface area (Å²) in [6.07, 6.45) is 0. The third kappa shape index (κ3) is 3.00. The van der Waals surface area contributed by atoms with Gasteiger partial charge in [0.15, 0.2) is 0 Å². The summed E-state index contributed by atoms with van der Waals surface area (Å²) < 4.78 is 25.1. The van der Waals surface area contributed by atoms with Crippen LogP contribution in [-0.2, 0) is 10.0 Å². The molecule has 1 aromatic rings. The largest absolute Gasteiger partial charge is 0.398 e. The second-order valence-electron chi connectivity index (χ2n) is 3.19. The molecular formula is C9H13ClN2O2S. The van der Waals surface area contributed by atoms with Gasteiger partial charge in [0.1, 0.15) is 0 Å². The molecule has 0 aromatic heterocycles. The van der Waals surface area contributed by atoms with Crippen LogP contribution in [0, 0.1) is 6.92 Å². The Bertz CT molecular complexity index is 471. The smallest absolute Gasteiger partial charge is 0.232 e. The Morgan fingerprint density at radius 1 is 1.47 bits per heavy atom. The van der Waals surface area contributed by atoms with Crippen LogP contribution >= 0.6 is 11.6 Å². The van der Waals surface area contributed by atoms with Gasteiger partial charge in [-0.3, -0.25) is 4.72 Å². The first kappa shape index (κ1) is 12.1.